The number of rotatable bonds is 4. The van der Waals surface area contributed by atoms with Crippen LogP contribution in [-0.2, 0) is 9.53 Å². The number of imide groups is 1. The minimum absolute atomic E-state index is 0.162. The zero-order valence-electron chi connectivity index (χ0n) is 10.2. The molecule has 0 aliphatic carbocycles. The minimum Gasteiger partial charge on any atom is -0.452 e. The van der Waals surface area contributed by atoms with Gasteiger partial charge in [-0.25, -0.2) is 9.59 Å². The van der Waals surface area contributed by atoms with Gasteiger partial charge in [0.1, 0.15) is 0 Å². The van der Waals surface area contributed by atoms with Gasteiger partial charge in [-0.05, 0) is 19.1 Å². The molecule has 0 unspecified atom stereocenters. The van der Waals surface area contributed by atoms with E-state index >= 15 is 0 Å². The van der Waals surface area contributed by atoms with Crippen LogP contribution in [0, 0.1) is 0 Å². The molecule has 19 heavy (non-hydrogen) atoms. The van der Waals surface area contributed by atoms with Crippen LogP contribution in [0.1, 0.15) is 17.3 Å². The van der Waals surface area contributed by atoms with Crippen LogP contribution in [-0.4, -0.2) is 31.1 Å². The molecule has 0 saturated carbocycles. The van der Waals surface area contributed by atoms with Crippen LogP contribution in [0.5, 0.6) is 0 Å². The Morgan fingerprint density at radius 2 is 1.95 bits per heavy atom. The monoisotopic (exact) mass is 284 g/mol. The highest BCUT2D eigenvalue weighted by Crippen LogP contribution is 2.15. The Kier molecular flexibility index (Phi) is 5.81. The van der Waals surface area contributed by atoms with E-state index in [1.165, 1.54) is 12.1 Å². The predicted octanol–water partition coefficient (Wildman–Crippen LogP) is 1.34. The fraction of sp³-hybridized carbons (Fsp3) is 0.250. The number of carbonyl (C=O) groups is 3. The van der Waals surface area contributed by atoms with Gasteiger partial charge in [0.15, 0.2) is 6.61 Å². The lowest BCUT2D eigenvalue weighted by atomic mass is 10.2. The number of carbonyl (C=O) groups excluding carboxylic acids is 3. The molecule has 0 atom stereocenters. The Morgan fingerprint density at radius 1 is 1.26 bits per heavy atom. The number of hydrogen-bond acceptors (Lipinski definition) is 4. The molecule has 0 aliphatic rings. The average Bonchev–Trinajstić information content (AvgIpc) is 2.36. The number of esters is 1. The first-order chi connectivity index (χ1) is 9.04. The molecular weight excluding hydrogens is 272 g/mol. The number of benzene rings is 1. The summed E-state index contributed by atoms with van der Waals surface area (Å²) in [6.45, 7) is 1.54. The summed E-state index contributed by atoms with van der Waals surface area (Å²) in [6.07, 6.45) is 0. The molecule has 1 aromatic rings. The molecule has 0 aliphatic heterocycles. The van der Waals surface area contributed by atoms with Crippen molar-refractivity contribution in [1.82, 2.24) is 10.6 Å². The van der Waals surface area contributed by atoms with Gasteiger partial charge in [-0.3, -0.25) is 10.1 Å². The zero-order valence-corrected chi connectivity index (χ0v) is 11.0. The van der Waals surface area contributed by atoms with E-state index in [2.05, 4.69) is 5.32 Å². The zero-order chi connectivity index (χ0) is 14.3. The van der Waals surface area contributed by atoms with Crippen molar-refractivity contribution in [3.05, 3.63) is 34.9 Å². The Hall–Kier alpha value is -2.08. The van der Waals surface area contributed by atoms with Gasteiger partial charge in [-0.2, -0.15) is 0 Å². The van der Waals surface area contributed by atoms with Gasteiger partial charge in [0.2, 0.25) is 0 Å². The molecule has 7 heteroatoms. The first-order valence-corrected chi connectivity index (χ1v) is 5.91. The molecule has 0 radical (unpaired) electrons. The molecule has 1 aromatic carbocycles. The van der Waals surface area contributed by atoms with Gasteiger partial charge >= 0.3 is 12.0 Å². The molecule has 0 spiro atoms. The topological polar surface area (TPSA) is 84.5 Å². The first kappa shape index (κ1) is 15.0. The van der Waals surface area contributed by atoms with E-state index in [-0.39, 0.29) is 10.6 Å². The average molecular weight is 285 g/mol. The predicted molar refractivity (Wildman–Crippen MR) is 68.9 cm³/mol. The quantitative estimate of drug-likeness (QED) is 0.817. The molecule has 1 rings (SSSR count). The summed E-state index contributed by atoms with van der Waals surface area (Å²) in [5.41, 5.74) is 0.162. The molecular formula is C12H13ClN2O4. The summed E-state index contributed by atoms with van der Waals surface area (Å²) in [6, 6.07) is 5.67. The Labute approximate surface area is 115 Å². The fourth-order valence-corrected chi connectivity index (χ4v) is 1.42. The van der Waals surface area contributed by atoms with Crippen molar-refractivity contribution >= 4 is 29.5 Å². The molecule has 0 heterocycles. The van der Waals surface area contributed by atoms with Crippen LogP contribution in [0.15, 0.2) is 24.3 Å². The summed E-state index contributed by atoms with van der Waals surface area (Å²) in [5, 5.41) is 4.61. The van der Waals surface area contributed by atoms with E-state index < -0.39 is 24.5 Å². The number of hydrogen-bond donors (Lipinski definition) is 2. The lowest BCUT2D eigenvalue weighted by Gasteiger charge is -2.06. The fourth-order valence-electron chi connectivity index (χ4n) is 1.20. The summed E-state index contributed by atoms with van der Waals surface area (Å²) in [7, 11) is 0. The Bertz CT molecular complexity index is 490. The Balaban J connectivity index is 2.45. The highest BCUT2D eigenvalue weighted by molar-refractivity contribution is 6.33. The van der Waals surface area contributed by atoms with E-state index in [0.717, 1.165) is 0 Å². The van der Waals surface area contributed by atoms with Gasteiger partial charge < -0.3 is 10.1 Å². The van der Waals surface area contributed by atoms with Crippen molar-refractivity contribution in [3.8, 4) is 0 Å². The lowest BCUT2D eigenvalue weighted by Crippen LogP contribution is -2.41. The first-order valence-electron chi connectivity index (χ1n) is 5.54. The van der Waals surface area contributed by atoms with E-state index in [0.29, 0.717) is 6.54 Å². The van der Waals surface area contributed by atoms with Crippen LogP contribution in [0.25, 0.3) is 0 Å². The van der Waals surface area contributed by atoms with Gasteiger partial charge in [-0.15, -0.1) is 0 Å². The van der Waals surface area contributed by atoms with Gasteiger partial charge in [0.25, 0.3) is 5.91 Å². The molecule has 0 saturated heterocycles. The van der Waals surface area contributed by atoms with E-state index in [1.54, 1.807) is 19.1 Å². The summed E-state index contributed by atoms with van der Waals surface area (Å²) in [5.74, 6) is -1.44. The lowest BCUT2D eigenvalue weighted by molar-refractivity contribution is -0.123. The van der Waals surface area contributed by atoms with Crippen molar-refractivity contribution in [2.24, 2.45) is 0 Å². The SMILES string of the molecule is CCNC(=O)NC(=O)COC(=O)c1ccccc1Cl. The smallest absolute Gasteiger partial charge is 0.340 e. The summed E-state index contributed by atoms with van der Waals surface area (Å²) in [4.78, 5) is 33.9. The van der Waals surface area contributed by atoms with Crippen LogP contribution in [0.3, 0.4) is 0 Å². The standard InChI is InChI=1S/C12H13ClN2O4/c1-2-14-12(18)15-10(16)7-19-11(17)8-5-3-4-6-9(8)13/h3-6H,2,7H2,1H3,(H2,14,15,16,18). The van der Waals surface area contributed by atoms with E-state index in [9.17, 15) is 14.4 Å². The Morgan fingerprint density at radius 3 is 2.58 bits per heavy atom. The normalized spacial score (nSPS) is 9.58. The van der Waals surface area contributed by atoms with Crippen molar-refractivity contribution in [3.63, 3.8) is 0 Å². The third-order valence-corrected chi connectivity index (χ3v) is 2.35. The second kappa shape index (κ2) is 7.38. The maximum atomic E-state index is 11.6. The van der Waals surface area contributed by atoms with Crippen molar-refractivity contribution < 1.29 is 19.1 Å². The molecule has 3 amide bonds. The second-order valence-electron chi connectivity index (χ2n) is 3.46. The largest absolute Gasteiger partial charge is 0.452 e. The second-order valence-corrected chi connectivity index (χ2v) is 3.87. The highest BCUT2D eigenvalue weighted by atomic mass is 35.5. The van der Waals surface area contributed by atoms with Gasteiger partial charge in [0, 0.05) is 6.54 Å². The highest BCUT2D eigenvalue weighted by Gasteiger charge is 2.14. The van der Waals surface area contributed by atoms with E-state index in [1.807, 2.05) is 5.32 Å². The van der Waals surface area contributed by atoms with Crippen LogP contribution < -0.4 is 10.6 Å². The van der Waals surface area contributed by atoms with Crippen molar-refractivity contribution in [1.29, 1.82) is 0 Å². The molecule has 2 N–H and O–H groups in total. The van der Waals surface area contributed by atoms with Crippen LogP contribution in [0.4, 0.5) is 4.79 Å². The van der Waals surface area contributed by atoms with Gasteiger partial charge in [0.05, 0.1) is 10.6 Å². The number of urea groups is 1. The maximum absolute atomic E-state index is 11.6. The van der Waals surface area contributed by atoms with Gasteiger partial charge in [-0.1, -0.05) is 23.7 Å². The van der Waals surface area contributed by atoms with Crippen molar-refractivity contribution in [2.45, 2.75) is 6.92 Å². The van der Waals surface area contributed by atoms with Crippen LogP contribution >= 0.6 is 11.6 Å². The van der Waals surface area contributed by atoms with E-state index in [4.69, 9.17) is 16.3 Å². The van der Waals surface area contributed by atoms with Crippen LogP contribution in [0.2, 0.25) is 5.02 Å². The summed E-state index contributed by atoms with van der Waals surface area (Å²) < 4.78 is 4.73. The number of nitrogens with one attached hydrogen (secondary N) is 2. The minimum atomic E-state index is -0.725. The summed E-state index contributed by atoms with van der Waals surface area (Å²) >= 11 is 5.79. The molecule has 102 valence electrons. The van der Waals surface area contributed by atoms with Crippen molar-refractivity contribution in [2.75, 3.05) is 13.2 Å². The maximum Gasteiger partial charge on any atom is 0.340 e. The third-order valence-electron chi connectivity index (χ3n) is 2.02. The third kappa shape index (κ3) is 4.97. The molecule has 0 fully saturated rings. The number of amides is 3. The molecule has 6 nitrogen and oxygen atoms in total. The molecule has 0 bridgehead atoms. The number of halogens is 1. The molecule has 0 aromatic heterocycles. The number of ether oxygens (including phenoxy) is 1.